The molecule has 0 unspecified atom stereocenters. The van der Waals surface area contributed by atoms with Crippen LogP contribution in [0.1, 0.15) is 0 Å². The highest BCUT2D eigenvalue weighted by Crippen LogP contribution is 2.16. The summed E-state index contributed by atoms with van der Waals surface area (Å²) in [6.07, 6.45) is 1.50. The molecule has 1 N–H and O–H groups in total. The number of carbonyl (C=O) groups excluding carboxylic acids is 2. The zero-order valence-corrected chi connectivity index (χ0v) is 9.86. The van der Waals surface area contributed by atoms with E-state index < -0.39 is 18.5 Å². The number of aromatic nitrogens is 1. The first-order chi connectivity index (χ1) is 8.13. The molecule has 0 atom stereocenters. The minimum Gasteiger partial charge on any atom is -0.454 e. The fraction of sp³-hybridized carbons (Fsp3) is 0.300. The van der Waals surface area contributed by atoms with Crippen molar-refractivity contribution in [1.29, 1.82) is 0 Å². The largest absolute Gasteiger partial charge is 0.454 e. The topological polar surface area (TPSA) is 77.5 Å². The number of ether oxygens (including phenoxy) is 2. The maximum Gasteiger partial charge on any atom is 0.332 e. The normalized spacial score (nSPS) is 9.76. The van der Waals surface area contributed by atoms with Gasteiger partial charge in [0.1, 0.15) is 6.61 Å². The van der Waals surface area contributed by atoms with Crippen molar-refractivity contribution in [1.82, 2.24) is 4.98 Å². The average molecular weight is 259 g/mol. The number of hydrogen-bond acceptors (Lipinski definition) is 5. The summed E-state index contributed by atoms with van der Waals surface area (Å²) in [6.45, 7) is -0.589. The Morgan fingerprint density at radius 1 is 1.47 bits per heavy atom. The number of nitrogens with zero attached hydrogens (tertiary/aromatic N) is 1. The summed E-state index contributed by atoms with van der Waals surface area (Å²) in [5.41, 5.74) is 0.363. The zero-order valence-electron chi connectivity index (χ0n) is 9.10. The minimum absolute atomic E-state index is 0.170. The number of nitrogens with one attached hydrogen (secondary N) is 1. The van der Waals surface area contributed by atoms with E-state index >= 15 is 0 Å². The van der Waals surface area contributed by atoms with Gasteiger partial charge in [0.25, 0.3) is 5.91 Å². The third kappa shape index (κ3) is 4.80. The molecule has 6 nitrogen and oxygen atoms in total. The predicted octanol–water partition coefficient (Wildman–Crippen LogP) is 0.863. The lowest BCUT2D eigenvalue weighted by atomic mass is 10.4. The number of anilines is 1. The standard InChI is InChI=1S/C10H11ClN2O4/c1-16-6-9(15)17-5-8(14)13-7-3-2-4-12-10(7)11/h2-4H,5-6H2,1H3,(H,13,14). The van der Waals surface area contributed by atoms with E-state index in [9.17, 15) is 9.59 Å². The Bertz CT molecular complexity index is 411. The van der Waals surface area contributed by atoms with E-state index in [1.165, 1.54) is 13.3 Å². The monoisotopic (exact) mass is 258 g/mol. The molecule has 0 bridgehead atoms. The van der Waals surface area contributed by atoms with Gasteiger partial charge in [0.2, 0.25) is 0 Å². The molecule has 1 heterocycles. The van der Waals surface area contributed by atoms with Crippen molar-refractivity contribution in [2.24, 2.45) is 0 Å². The molecule has 92 valence electrons. The van der Waals surface area contributed by atoms with Gasteiger partial charge in [-0.25, -0.2) is 9.78 Å². The summed E-state index contributed by atoms with van der Waals surface area (Å²) >= 11 is 5.73. The molecule has 1 rings (SSSR count). The van der Waals surface area contributed by atoms with E-state index in [1.54, 1.807) is 12.1 Å². The van der Waals surface area contributed by atoms with Gasteiger partial charge in [-0.2, -0.15) is 0 Å². The second-order valence-electron chi connectivity index (χ2n) is 2.98. The zero-order chi connectivity index (χ0) is 12.7. The molecule has 0 fully saturated rings. The SMILES string of the molecule is COCC(=O)OCC(=O)Nc1cccnc1Cl. The van der Waals surface area contributed by atoms with Crippen molar-refractivity contribution in [2.45, 2.75) is 0 Å². The molecule has 0 saturated heterocycles. The number of carbonyl (C=O) groups is 2. The van der Waals surface area contributed by atoms with E-state index in [0.717, 1.165) is 0 Å². The molecule has 0 aromatic carbocycles. The number of methoxy groups -OCH3 is 1. The fourth-order valence-corrected chi connectivity index (χ4v) is 1.14. The summed E-state index contributed by atoms with van der Waals surface area (Å²) in [5.74, 6) is -1.11. The predicted molar refractivity (Wildman–Crippen MR) is 60.7 cm³/mol. The van der Waals surface area contributed by atoms with Crippen LogP contribution in [0.3, 0.4) is 0 Å². The molecule has 0 aliphatic carbocycles. The Morgan fingerprint density at radius 3 is 2.88 bits per heavy atom. The van der Waals surface area contributed by atoms with Crippen LogP contribution < -0.4 is 5.32 Å². The van der Waals surface area contributed by atoms with Crippen LogP contribution in [0.5, 0.6) is 0 Å². The Hall–Kier alpha value is -1.66. The molecule has 0 radical (unpaired) electrons. The first-order valence-electron chi connectivity index (χ1n) is 4.68. The van der Waals surface area contributed by atoms with Crippen LogP contribution in [0.2, 0.25) is 5.15 Å². The van der Waals surface area contributed by atoms with Crippen LogP contribution in [0.25, 0.3) is 0 Å². The second-order valence-corrected chi connectivity index (χ2v) is 3.34. The molecule has 0 saturated carbocycles. The number of halogens is 1. The lowest BCUT2D eigenvalue weighted by Crippen LogP contribution is -2.22. The summed E-state index contributed by atoms with van der Waals surface area (Å²) in [6, 6.07) is 3.21. The summed E-state index contributed by atoms with van der Waals surface area (Å²) < 4.78 is 9.15. The summed E-state index contributed by atoms with van der Waals surface area (Å²) in [5, 5.41) is 2.63. The maximum absolute atomic E-state index is 11.4. The highest BCUT2D eigenvalue weighted by molar-refractivity contribution is 6.32. The quantitative estimate of drug-likeness (QED) is 0.626. The number of hydrogen-bond donors (Lipinski definition) is 1. The number of pyridine rings is 1. The van der Waals surface area contributed by atoms with Crippen molar-refractivity contribution in [3.63, 3.8) is 0 Å². The molecule has 17 heavy (non-hydrogen) atoms. The lowest BCUT2D eigenvalue weighted by molar-refractivity contribution is -0.150. The molecule has 1 aromatic heterocycles. The second kappa shape index (κ2) is 6.82. The van der Waals surface area contributed by atoms with Crippen LogP contribution in [0.4, 0.5) is 5.69 Å². The van der Waals surface area contributed by atoms with Gasteiger partial charge in [-0.3, -0.25) is 4.79 Å². The molecule has 1 aromatic rings. The van der Waals surface area contributed by atoms with Crippen LogP contribution in [0, 0.1) is 0 Å². The molecule has 1 amide bonds. The number of rotatable bonds is 5. The Labute approximate surface area is 103 Å². The maximum atomic E-state index is 11.4. The smallest absolute Gasteiger partial charge is 0.332 e. The van der Waals surface area contributed by atoms with Crippen molar-refractivity contribution < 1.29 is 19.1 Å². The van der Waals surface area contributed by atoms with Gasteiger partial charge in [0.05, 0.1) is 5.69 Å². The molecule has 0 spiro atoms. The molecular formula is C10H11ClN2O4. The molecular weight excluding hydrogens is 248 g/mol. The average Bonchev–Trinajstić information content (AvgIpc) is 2.30. The first-order valence-corrected chi connectivity index (χ1v) is 5.06. The lowest BCUT2D eigenvalue weighted by Gasteiger charge is -2.06. The first kappa shape index (κ1) is 13.4. The summed E-state index contributed by atoms with van der Waals surface area (Å²) in [7, 11) is 1.36. The van der Waals surface area contributed by atoms with Crippen molar-refractivity contribution in [2.75, 3.05) is 25.6 Å². The Morgan fingerprint density at radius 2 is 2.24 bits per heavy atom. The van der Waals surface area contributed by atoms with Crippen LogP contribution in [0.15, 0.2) is 18.3 Å². The third-order valence-electron chi connectivity index (χ3n) is 1.66. The van der Waals surface area contributed by atoms with Crippen LogP contribution >= 0.6 is 11.6 Å². The van der Waals surface area contributed by atoms with Gasteiger partial charge in [-0.15, -0.1) is 0 Å². The van der Waals surface area contributed by atoms with Gasteiger partial charge in [0.15, 0.2) is 11.8 Å². The molecule has 7 heteroatoms. The molecule has 0 aliphatic rings. The third-order valence-corrected chi connectivity index (χ3v) is 1.96. The van der Waals surface area contributed by atoms with Gasteiger partial charge < -0.3 is 14.8 Å². The van der Waals surface area contributed by atoms with Gasteiger partial charge in [-0.1, -0.05) is 11.6 Å². The highest BCUT2D eigenvalue weighted by Gasteiger charge is 2.09. The minimum atomic E-state index is -0.611. The van der Waals surface area contributed by atoms with Crippen molar-refractivity contribution >= 4 is 29.2 Å². The van der Waals surface area contributed by atoms with E-state index in [0.29, 0.717) is 5.69 Å². The Kier molecular flexibility index (Phi) is 5.38. The van der Waals surface area contributed by atoms with E-state index in [-0.39, 0.29) is 11.8 Å². The van der Waals surface area contributed by atoms with Gasteiger partial charge in [0, 0.05) is 13.3 Å². The fourth-order valence-electron chi connectivity index (χ4n) is 0.971. The van der Waals surface area contributed by atoms with Crippen molar-refractivity contribution in [3.8, 4) is 0 Å². The van der Waals surface area contributed by atoms with E-state index in [1.807, 2.05) is 0 Å². The summed E-state index contributed by atoms with van der Waals surface area (Å²) in [4.78, 5) is 26.0. The van der Waals surface area contributed by atoms with E-state index in [2.05, 4.69) is 19.8 Å². The van der Waals surface area contributed by atoms with Gasteiger partial charge >= 0.3 is 5.97 Å². The number of esters is 1. The highest BCUT2D eigenvalue weighted by atomic mass is 35.5. The molecule has 0 aliphatic heterocycles. The van der Waals surface area contributed by atoms with Crippen LogP contribution in [-0.4, -0.2) is 37.2 Å². The Balaban J connectivity index is 2.40. The number of amides is 1. The van der Waals surface area contributed by atoms with Crippen molar-refractivity contribution in [3.05, 3.63) is 23.5 Å². The van der Waals surface area contributed by atoms with E-state index in [4.69, 9.17) is 11.6 Å². The van der Waals surface area contributed by atoms with Gasteiger partial charge in [-0.05, 0) is 12.1 Å². The van der Waals surface area contributed by atoms with Crippen LogP contribution in [-0.2, 0) is 19.1 Å².